The summed E-state index contributed by atoms with van der Waals surface area (Å²) in [4.78, 5) is 11.8. The van der Waals surface area contributed by atoms with Crippen molar-refractivity contribution in [3.05, 3.63) is 35.6 Å². The van der Waals surface area contributed by atoms with E-state index in [1.165, 1.54) is 16.6 Å². The van der Waals surface area contributed by atoms with Gasteiger partial charge in [-0.25, -0.2) is 12.8 Å². The second kappa shape index (κ2) is 6.53. The van der Waals surface area contributed by atoms with E-state index in [0.29, 0.717) is 12.1 Å². The Hall–Kier alpha value is -1.47. The fraction of sp³-hybridized carbons (Fsp3) is 0.500. The summed E-state index contributed by atoms with van der Waals surface area (Å²) in [6.45, 7) is 0.757. The van der Waals surface area contributed by atoms with Gasteiger partial charge in [0.1, 0.15) is 5.82 Å². The number of hydrogen-bond acceptors (Lipinski definition) is 3. The Kier molecular flexibility index (Phi) is 4.95. The molecule has 2 rings (SSSR count). The number of sulfonamides is 1. The molecule has 0 aromatic heterocycles. The maximum Gasteiger partial charge on any atom is 0.224 e. The molecular weight excluding hydrogens is 295 g/mol. The minimum Gasteiger partial charge on any atom is -0.354 e. The van der Waals surface area contributed by atoms with Crippen molar-refractivity contribution in [2.75, 3.05) is 19.3 Å². The van der Waals surface area contributed by atoms with Gasteiger partial charge in [-0.15, -0.1) is 0 Å². The fourth-order valence-corrected chi connectivity index (χ4v) is 3.74. The third-order valence-electron chi connectivity index (χ3n) is 3.59. The average Bonchev–Trinajstić information content (AvgIpc) is 2.87. The van der Waals surface area contributed by atoms with E-state index in [1.807, 2.05) is 0 Å². The smallest absolute Gasteiger partial charge is 0.224 e. The summed E-state index contributed by atoms with van der Waals surface area (Å²) < 4.78 is 38.0. The molecule has 5 nitrogen and oxygen atoms in total. The maximum atomic E-state index is 13.4. The van der Waals surface area contributed by atoms with Crippen LogP contribution in [0.4, 0.5) is 4.39 Å². The van der Waals surface area contributed by atoms with Gasteiger partial charge in [-0.1, -0.05) is 18.2 Å². The quantitative estimate of drug-likeness (QED) is 0.878. The lowest BCUT2D eigenvalue weighted by Gasteiger charge is -2.22. The van der Waals surface area contributed by atoms with Gasteiger partial charge in [0.05, 0.1) is 12.7 Å². The van der Waals surface area contributed by atoms with E-state index in [2.05, 4.69) is 5.32 Å². The Labute approximate surface area is 124 Å². The summed E-state index contributed by atoms with van der Waals surface area (Å²) in [6, 6.07) is 5.91. The summed E-state index contributed by atoms with van der Waals surface area (Å²) >= 11 is 0. The summed E-state index contributed by atoms with van der Waals surface area (Å²) in [5.41, 5.74) is 0.335. The van der Waals surface area contributed by atoms with E-state index in [0.717, 1.165) is 12.8 Å². The van der Waals surface area contributed by atoms with Crippen LogP contribution in [0.5, 0.6) is 0 Å². The molecule has 1 aliphatic rings. The van der Waals surface area contributed by atoms with Gasteiger partial charge in [0, 0.05) is 19.1 Å². The summed E-state index contributed by atoms with van der Waals surface area (Å²) in [7, 11) is -3.24. The normalized spacial score (nSPS) is 19.6. The third-order valence-corrected chi connectivity index (χ3v) is 4.93. The Morgan fingerprint density at radius 3 is 2.81 bits per heavy atom. The lowest BCUT2D eigenvalue weighted by molar-refractivity contribution is -0.120. The number of hydrogen-bond donors (Lipinski definition) is 1. The van der Waals surface area contributed by atoms with E-state index < -0.39 is 15.8 Å². The van der Waals surface area contributed by atoms with E-state index in [9.17, 15) is 17.6 Å². The first-order valence-corrected chi connectivity index (χ1v) is 8.69. The molecule has 1 atom stereocenters. The molecule has 7 heteroatoms. The predicted octanol–water partition coefficient (Wildman–Crippen LogP) is 0.908. The molecule has 1 aromatic carbocycles. The zero-order chi connectivity index (χ0) is 15.5. The Bertz CT molecular complexity index is 618. The Morgan fingerprint density at radius 1 is 1.43 bits per heavy atom. The van der Waals surface area contributed by atoms with Gasteiger partial charge >= 0.3 is 0 Å². The number of nitrogens with zero attached hydrogens (tertiary/aromatic N) is 1. The van der Waals surface area contributed by atoms with Crippen LogP contribution in [-0.4, -0.2) is 44.0 Å². The van der Waals surface area contributed by atoms with Crippen molar-refractivity contribution < 1.29 is 17.6 Å². The monoisotopic (exact) mass is 314 g/mol. The Balaban J connectivity index is 1.88. The molecule has 0 spiro atoms. The molecule has 1 saturated heterocycles. The van der Waals surface area contributed by atoms with E-state index in [1.54, 1.807) is 18.2 Å². The largest absolute Gasteiger partial charge is 0.354 e. The fourth-order valence-electron chi connectivity index (χ4n) is 2.56. The summed E-state index contributed by atoms with van der Waals surface area (Å²) in [5.74, 6) is -0.716. The van der Waals surface area contributed by atoms with E-state index in [4.69, 9.17) is 0 Å². The van der Waals surface area contributed by atoms with E-state index in [-0.39, 0.29) is 24.9 Å². The lowest BCUT2D eigenvalue weighted by atomic mass is 10.1. The highest BCUT2D eigenvalue weighted by molar-refractivity contribution is 7.88. The van der Waals surface area contributed by atoms with Crippen molar-refractivity contribution in [3.63, 3.8) is 0 Å². The lowest BCUT2D eigenvalue weighted by Crippen LogP contribution is -2.43. The van der Waals surface area contributed by atoms with Crippen LogP contribution in [0.15, 0.2) is 24.3 Å². The zero-order valence-corrected chi connectivity index (χ0v) is 12.7. The molecule has 1 aromatic rings. The first kappa shape index (κ1) is 15.9. The second-order valence-corrected chi connectivity index (χ2v) is 7.18. The van der Waals surface area contributed by atoms with Crippen LogP contribution in [0.1, 0.15) is 18.4 Å². The third kappa shape index (κ3) is 4.25. The van der Waals surface area contributed by atoms with Crippen LogP contribution in [0, 0.1) is 5.82 Å². The molecule has 0 saturated carbocycles. The van der Waals surface area contributed by atoms with Gasteiger partial charge in [-0.2, -0.15) is 4.31 Å². The minimum absolute atomic E-state index is 0.0434. The van der Waals surface area contributed by atoms with Crippen LogP contribution in [0.3, 0.4) is 0 Å². The molecule has 0 bridgehead atoms. The van der Waals surface area contributed by atoms with Gasteiger partial charge in [0.15, 0.2) is 0 Å². The number of carbonyl (C=O) groups is 1. The number of rotatable bonds is 5. The second-order valence-electron chi connectivity index (χ2n) is 5.24. The molecule has 116 valence electrons. The van der Waals surface area contributed by atoms with Crippen LogP contribution in [0.2, 0.25) is 0 Å². The van der Waals surface area contributed by atoms with Gasteiger partial charge in [0.2, 0.25) is 15.9 Å². The SMILES string of the molecule is CS(=O)(=O)N1CCCC1CNC(=O)Cc1ccccc1F. The zero-order valence-electron chi connectivity index (χ0n) is 11.9. The topological polar surface area (TPSA) is 66.5 Å². The van der Waals surface area contributed by atoms with Crippen molar-refractivity contribution in [2.24, 2.45) is 0 Å². The number of amides is 1. The number of nitrogens with one attached hydrogen (secondary N) is 1. The first-order chi connectivity index (χ1) is 9.88. The molecule has 1 heterocycles. The first-order valence-electron chi connectivity index (χ1n) is 6.85. The van der Waals surface area contributed by atoms with Gasteiger partial charge in [-0.3, -0.25) is 4.79 Å². The van der Waals surface area contributed by atoms with Crippen molar-refractivity contribution in [3.8, 4) is 0 Å². The molecule has 1 aliphatic heterocycles. The van der Waals surface area contributed by atoms with Crippen molar-refractivity contribution in [1.82, 2.24) is 9.62 Å². The highest BCUT2D eigenvalue weighted by Crippen LogP contribution is 2.19. The number of halogens is 1. The molecule has 1 N–H and O–H groups in total. The highest BCUT2D eigenvalue weighted by Gasteiger charge is 2.31. The van der Waals surface area contributed by atoms with Crippen LogP contribution >= 0.6 is 0 Å². The number of benzene rings is 1. The molecule has 1 amide bonds. The van der Waals surface area contributed by atoms with Crippen molar-refractivity contribution in [1.29, 1.82) is 0 Å². The minimum atomic E-state index is -3.24. The number of carbonyl (C=O) groups excluding carboxylic acids is 1. The van der Waals surface area contributed by atoms with Crippen LogP contribution in [-0.2, 0) is 21.2 Å². The molecule has 0 radical (unpaired) electrons. The molecule has 21 heavy (non-hydrogen) atoms. The molecule has 0 aliphatic carbocycles. The average molecular weight is 314 g/mol. The molecule has 1 fully saturated rings. The van der Waals surface area contributed by atoms with Gasteiger partial charge in [-0.05, 0) is 24.5 Å². The van der Waals surface area contributed by atoms with Gasteiger partial charge < -0.3 is 5.32 Å². The Morgan fingerprint density at radius 2 is 2.14 bits per heavy atom. The highest BCUT2D eigenvalue weighted by atomic mass is 32.2. The van der Waals surface area contributed by atoms with Crippen molar-refractivity contribution >= 4 is 15.9 Å². The van der Waals surface area contributed by atoms with E-state index >= 15 is 0 Å². The van der Waals surface area contributed by atoms with Crippen LogP contribution in [0.25, 0.3) is 0 Å². The molecular formula is C14H19FN2O3S. The standard InChI is InChI=1S/C14H19FN2O3S/c1-21(19,20)17-8-4-6-12(17)10-16-14(18)9-11-5-2-3-7-13(11)15/h2-3,5,7,12H,4,6,8-10H2,1H3,(H,16,18). The predicted molar refractivity (Wildman–Crippen MR) is 77.7 cm³/mol. The molecule has 1 unspecified atom stereocenters. The summed E-state index contributed by atoms with van der Waals surface area (Å²) in [5, 5.41) is 2.69. The van der Waals surface area contributed by atoms with Crippen LogP contribution < -0.4 is 5.32 Å². The summed E-state index contributed by atoms with van der Waals surface area (Å²) in [6.07, 6.45) is 2.65. The van der Waals surface area contributed by atoms with Crippen molar-refractivity contribution in [2.45, 2.75) is 25.3 Å². The maximum absolute atomic E-state index is 13.4. The van der Waals surface area contributed by atoms with Gasteiger partial charge in [0.25, 0.3) is 0 Å².